The van der Waals surface area contributed by atoms with Gasteiger partial charge in [0.25, 0.3) is 0 Å². The van der Waals surface area contributed by atoms with Crippen molar-refractivity contribution in [3.05, 3.63) is 17.3 Å². The number of unbranched alkanes of at least 4 members (excludes halogenated alkanes) is 1. The highest BCUT2D eigenvalue weighted by atomic mass is 127. The van der Waals surface area contributed by atoms with Crippen LogP contribution in [0.4, 0.5) is 0 Å². The van der Waals surface area contributed by atoms with Crippen LogP contribution in [0.1, 0.15) is 37.1 Å². The van der Waals surface area contributed by atoms with Crippen LogP contribution in [0, 0.1) is 13.8 Å². The molecule has 0 saturated heterocycles. The second kappa shape index (κ2) is 11.3. The Morgan fingerprint density at radius 1 is 1.30 bits per heavy atom. The van der Waals surface area contributed by atoms with Crippen molar-refractivity contribution < 1.29 is 9.21 Å². The zero-order chi connectivity index (χ0) is 16.5. The second-order valence-corrected chi connectivity index (χ2v) is 5.34. The van der Waals surface area contributed by atoms with Gasteiger partial charge in [0.05, 0.1) is 12.2 Å². The number of amides is 1. The number of aliphatic imine (C=N–C) groups is 1. The highest BCUT2D eigenvalue weighted by molar-refractivity contribution is 14.0. The summed E-state index contributed by atoms with van der Waals surface area (Å²) in [6, 6.07) is 0. The van der Waals surface area contributed by atoms with Crippen LogP contribution in [0.25, 0.3) is 0 Å². The molecular formula is C15H28IN5O2. The normalized spacial score (nSPS) is 10.9. The average molecular weight is 437 g/mol. The van der Waals surface area contributed by atoms with E-state index in [4.69, 9.17) is 4.42 Å². The number of aryl methyl sites for hydroxylation is 2. The molecular weight excluding hydrogens is 409 g/mol. The highest BCUT2D eigenvalue weighted by Gasteiger charge is 2.08. The van der Waals surface area contributed by atoms with Crippen molar-refractivity contribution in [2.24, 2.45) is 4.99 Å². The lowest BCUT2D eigenvalue weighted by Gasteiger charge is -2.12. The van der Waals surface area contributed by atoms with Gasteiger partial charge in [0.2, 0.25) is 11.8 Å². The van der Waals surface area contributed by atoms with Gasteiger partial charge in [-0.05, 0) is 20.3 Å². The van der Waals surface area contributed by atoms with Crippen LogP contribution >= 0.6 is 24.0 Å². The van der Waals surface area contributed by atoms with Gasteiger partial charge in [-0.1, -0.05) is 13.3 Å². The van der Waals surface area contributed by atoms with E-state index in [0.29, 0.717) is 18.4 Å². The van der Waals surface area contributed by atoms with Crippen LogP contribution in [-0.2, 0) is 11.3 Å². The van der Waals surface area contributed by atoms with Crippen LogP contribution < -0.4 is 10.6 Å². The minimum absolute atomic E-state index is 0. The molecule has 0 bridgehead atoms. The fraction of sp³-hybridized carbons (Fsp3) is 0.667. The van der Waals surface area contributed by atoms with Gasteiger partial charge in [0, 0.05) is 20.6 Å². The van der Waals surface area contributed by atoms with Gasteiger partial charge in [-0.15, -0.1) is 24.0 Å². The summed E-state index contributed by atoms with van der Waals surface area (Å²) in [7, 11) is 3.43. The Morgan fingerprint density at radius 2 is 2.00 bits per heavy atom. The van der Waals surface area contributed by atoms with Crippen molar-refractivity contribution in [1.29, 1.82) is 0 Å². The van der Waals surface area contributed by atoms with Crippen molar-refractivity contribution in [2.75, 3.05) is 27.2 Å². The maximum absolute atomic E-state index is 11.6. The summed E-state index contributed by atoms with van der Waals surface area (Å²) in [5, 5.41) is 6.35. The molecule has 0 radical (unpaired) electrons. The first-order valence-corrected chi connectivity index (χ1v) is 7.59. The molecule has 7 nitrogen and oxygen atoms in total. The lowest BCUT2D eigenvalue weighted by molar-refractivity contribution is -0.127. The van der Waals surface area contributed by atoms with Crippen molar-refractivity contribution in [2.45, 2.75) is 40.2 Å². The summed E-state index contributed by atoms with van der Waals surface area (Å²) in [5.74, 6) is 1.98. The zero-order valence-electron chi connectivity index (χ0n) is 14.6. The summed E-state index contributed by atoms with van der Waals surface area (Å²) < 4.78 is 5.52. The van der Waals surface area contributed by atoms with Gasteiger partial charge >= 0.3 is 0 Å². The molecule has 0 atom stereocenters. The van der Waals surface area contributed by atoms with Crippen LogP contribution in [0.2, 0.25) is 0 Å². The van der Waals surface area contributed by atoms with E-state index in [9.17, 15) is 4.79 Å². The van der Waals surface area contributed by atoms with E-state index < -0.39 is 0 Å². The Labute approximate surface area is 155 Å². The minimum atomic E-state index is -0.0422. The molecule has 1 aromatic heterocycles. The number of hydrogen-bond donors (Lipinski definition) is 2. The summed E-state index contributed by atoms with van der Waals surface area (Å²) >= 11 is 0. The Balaban J connectivity index is 0.00000484. The Morgan fingerprint density at radius 3 is 2.52 bits per heavy atom. The summed E-state index contributed by atoms with van der Waals surface area (Å²) in [6.07, 6.45) is 2.13. The average Bonchev–Trinajstić information content (AvgIpc) is 2.79. The number of carbonyl (C=O) groups is 1. The molecule has 0 unspecified atom stereocenters. The van der Waals surface area contributed by atoms with Crippen LogP contribution in [0.5, 0.6) is 0 Å². The number of nitrogens with one attached hydrogen (secondary N) is 2. The number of aromatic nitrogens is 1. The monoisotopic (exact) mass is 437 g/mol. The predicted molar refractivity (Wildman–Crippen MR) is 102 cm³/mol. The van der Waals surface area contributed by atoms with Crippen LogP contribution in [-0.4, -0.2) is 48.9 Å². The highest BCUT2D eigenvalue weighted by Crippen LogP contribution is 2.07. The summed E-state index contributed by atoms with van der Waals surface area (Å²) in [6.45, 7) is 7.27. The van der Waals surface area contributed by atoms with Gasteiger partial charge in [0.15, 0.2) is 5.96 Å². The van der Waals surface area contributed by atoms with E-state index in [0.717, 1.165) is 30.8 Å². The zero-order valence-corrected chi connectivity index (χ0v) is 16.9. The van der Waals surface area contributed by atoms with Crippen molar-refractivity contribution in [1.82, 2.24) is 20.5 Å². The van der Waals surface area contributed by atoms with Gasteiger partial charge in [-0.3, -0.25) is 4.79 Å². The molecule has 0 spiro atoms. The van der Waals surface area contributed by atoms with Crippen molar-refractivity contribution in [3.63, 3.8) is 0 Å². The van der Waals surface area contributed by atoms with E-state index in [2.05, 4.69) is 27.5 Å². The van der Waals surface area contributed by atoms with E-state index in [1.165, 1.54) is 4.90 Å². The molecule has 0 aromatic carbocycles. The van der Waals surface area contributed by atoms with Crippen molar-refractivity contribution >= 4 is 35.8 Å². The van der Waals surface area contributed by atoms with Gasteiger partial charge in [-0.25, -0.2) is 9.98 Å². The maximum Gasteiger partial charge on any atom is 0.243 e. The largest absolute Gasteiger partial charge is 0.444 e. The first-order valence-electron chi connectivity index (χ1n) is 7.59. The molecule has 8 heteroatoms. The smallest absolute Gasteiger partial charge is 0.243 e. The van der Waals surface area contributed by atoms with E-state index in [-0.39, 0.29) is 36.4 Å². The number of rotatable bonds is 7. The number of nitrogens with zero attached hydrogens (tertiary/aromatic N) is 3. The first kappa shape index (κ1) is 21.7. The lowest BCUT2D eigenvalue weighted by atomic mass is 10.3. The predicted octanol–water partition coefficient (Wildman–Crippen LogP) is 1.83. The molecule has 1 amide bonds. The Kier molecular flexibility index (Phi) is 10.6. The van der Waals surface area contributed by atoms with Crippen LogP contribution in [0.15, 0.2) is 9.41 Å². The minimum Gasteiger partial charge on any atom is -0.444 e. The molecule has 0 aliphatic carbocycles. The standard InChI is InChI=1S/C15H27N5O2.HI/c1-6-7-8-16-15(18-10-14(21)20(4)5)17-9-13-19-11(2)12(3)22-13;/h6-10H2,1-5H3,(H2,16,17,18);1H. The third-order valence-electron chi connectivity index (χ3n) is 3.17. The molecule has 0 fully saturated rings. The third kappa shape index (κ3) is 8.19. The van der Waals surface area contributed by atoms with E-state index >= 15 is 0 Å². The molecule has 1 rings (SSSR count). The quantitative estimate of drug-likeness (QED) is 0.295. The summed E-state index contributed by atoms with van der Waals surface area (Å²) in [4.78, 5) is 21.8. The molecule has 132 valence electrons. The SMILES string of the molecule is CCCCNC(=NCC(=O)N(C)C)NCc1nc(C)c(C)o1.I. The number of likely N-dealkylation sites (N-methyl/N-ethyl adjacent to an activating group) is 1. The Bertz CT molecular complexity index is 494. The summed E-state index contributed by atoms with van der Waals surface area (Å²) in [5.41, 5.74) is 0.886. The van der Waals surface area contributed by atoms with Crippen LogP contribution in [0.3, 0.4) is 0 Å². The topological polar surface area (TPSA) is 82.8 Å². The van der Waals surface area contributed by atoms with Crippen molar-refractivity contribution in [3.8, 4) is 0 Å². The molecule has 23 heavy (non-hydrogen) atoms. The maximum atomic E-state index is 11.6. The number of guanidine groups is 1. The fourth-order valence-corrected chi connectivity index (χ4v) is 1.62. The molecule has 0 aliphatic heterocycles. The molecule has 1 heterocycles. The number of carbonyl (C=O) groups excluding carboxylic acids is 1. The Hall–Kier alpha value is -1.32. The van der Waals surface area contributed by atoms with E-state index in [1.807, 2.05) is 13.8 Å². The lowest BCUT2D eigenvalue weighted by Crippen LogP contribution is -2.38. The van der Waals surface area contributed by atoms with Gasteiger partial charge in [-0.2, -0.15) is 0 Å². The third-order valence-corrected chi connectivity index (χ3v) is 3.17. The molecule has 0 aliphatic rings. The van der Waals surface area contributed by atoms with E-state index in [1.54, 1.807) is 14.1 Å². The molecule has 2 N–H and O–H groups in total. The first-order chi connectivity index (χ1) is 10.4. The second-order valence-electron chi connectivity index (χ2n) is 5.34. The molecule has 1 aromatic rings. The molecule has 0 saturated carbocycles. The number of halogens is 1. The van der Waals surface area contributed by atoms with Gasteiger partial charge < -0.3 is 20.0 Å². The fourth-order valence-electron chi connectivity index (χ4n) is 1.62. The number of hydrogen-bond acceptors (Lipinski definition) is 4. The number of oxazole rings is 1. The van der Waals surface area contributed by atoms with Gasteiger partial charge in [0.1, 0.15) is 12.3 Å².